The van der Waals surface area contributed by atoms with Crippen molar-refractivity contribution in [3.8, 4) is 0 Å². The molecule has 1 aliphatic heterocycles. The van der Waals surface area contributed by atoms with E-state index in [1.165, 1.54) is 12.8 Å². The van der Waals surface area contributed by atoms with Gasteiger partial charge in [-0.3, -0.25) is 0 Å². The molecule has 1 heterocycles. The second kappa shape index (κ2) is 7.56. The van der Waals surface area contributed by atoms with Crippen LogP contribution in [0.15, 0.2) is 0 Å². The maximum absolute atomic E-state index is 11.5. The van der Waals surface area contributed by atoms with Crippen LogP contribution in [0.2, 0.25) is 0 Å². The summed E-state index contributed by atoms with van der Waals surface area (Å²) in [6.07, 6.45) is 2.95. The summed E-state index contributed by atoms with van der Waals surface area (Å²) in [6.45, 7) is 5.77. The molecule has 0 bridgehead atoms. The Hall–Kier alpha value is 0.160. The zero-order chi connectivity index (χ0) is 12.7. The Morgan fingerprint density at radius 1 is 1.35 bits per heavy atom. The van der Waals surface area contributed by atoms with Crippen molar-refractivity contribution in [2.75, 3.05) is 37.8 Å². The molecule has 1 rings (SSSR count). The number of rotatable bonds is 7. The third kappa shape index (κ3) is 6.60. The van der Waals surface area contributed by atoms with Crippen LogP contribution in [0.3, 0.4) is 0 Å². The van der Waals surface area contributed by atoms with E-state index in [4.69, 9.17) is 11.6 Å². The van der Waals surface area contributed by atoms with E-state index >= 15 is 0 Å². The highest BCUT2D eigenvalue weighted by Crippen LogP contribution is 2.15. The SMILES string of the molecule is CC1CCN(CCNS(=O)(=O)CCCCl)CC1. The molecule has 0 aromatic heterocycles. The number of hydrogen-bond donors (Lipinski definition) is 1. The smallest absolute Gasteiger partial charge is 0.211 e. The number of sulfonamides is 1. The molecule has 102 valence electrons. The first-order valence-corrected chi connectivity index (χ1v) is 8.48. The topological polar surface area (TPSA) is 49.4 Å². The molecule has 0 spiro atoms. The molecule has 1 aliphatic rings. The van der Waals surface area contributed by atoms with Gasteiger partial charge in [-0.25, -0.2) is 13.1 Å². The number of nitrogens with one attached hydrogen (secondary N) is 1. The minimum absolute atomic E-state index is 0.132. The van der Waals surface area contributed by atoms with E-state index < -0.39 is 10.0 Å². The summed E-state index contributed by atoms with van der Waals surface area (Å²) in [7, 11) is -3.12. The highest BCUT2D eigenvalue weighted by Gasteiger charge is 2.16. The number of nitrogens with zero attached hydrogens (tertiary/aromatic N) is 1. The van der Waals surface area contributed by atoms with Crippen molar-refractivity contribution in [1.82, 2.24) is 9.62 Å². The fourth-order valence-electron chi connectivity index (χ4n) is 1.96. The van der Waals surface area contributed by atoms with Crippen molar-refractivity contribution in [1.29, 1.82) is 0 Å². The molecule has 17 heavy (non-hydrogen) atoms. The Morgan fingerprint density at radius 3 is 2.59 bits per heavy atom. The van der Waals surface area contributed by atoms with Gasteiger partial charge in [0.2, 0.25) is 10.0 Å². The van der Waals surface area contributed by atoms with E-state index in [0.29, 0.717) is 18.8 Å². The zero-order valence-corrected chi connectivity index (χ0v) is 12.1. The lowest BCUT2D eigenvalue weighted by atomic mass is 9.99. The molecule has 1 fully saturated rings. The fraction of sp³-hybridized carbons (Fsp3) is 1.00. The van der Waals surface area contributed by atoms with Crippen molar-refractivity contribution < 1.29 is 8.42 Å². The van der Waals surface area contributed by atoms with Crippen LogP contribution in [-0.2, 0) is 10.0 Å². The Bertz CT molecular complexity index is 301. The largest absolute Gasteiger partial charge is 0.302 e. The van der Waals surface area contributed by atoms with Gasteiger partial charge in [-0.2, -0.15) is 0 Å². The molecule has 1 N–H and O–H groups in total. The first-order valence-electron chi connectivity index (χ1n) is 6.29. The fourth-order valence-corrected chi connectivity index (χ4v) is 3.32. The molecule has 4 nitrogen and oxygen atoms in total. The molecule has 0 aromatic rings. The van der Waals surface area contributed by atoms with E-state index in [1.807, 2.05) is 0 Å². The van der Waals surface area contributed by atoms with Crippen molar-refractivity contribution in [3.05, 3.63) is 0 Å². The molecule has 0 radical (unpaired) electrons. The van der Waals surface area contributed by atoms with Crippen LogP contribution in [-0.4, -0.2) is 51.1 Å². The summed E-state index contributed by atoms with van der Waals surface area (Å²) < 4.78 is 25.6. The quantitative estimate of drug-likeness (QED) is 0.716. The molecule has 0 aliphatic carbocycles. The molecule has 0 unspecified atom stereocenters. The van der Waals surface area contributed by atoms with Gasteiger partial charge in [0, 0.05) is 19.0 Å². The van der Waals surface area contributed by atoms with Crippen LogP contribution in [0.1, 0.15) is 26.2 Å². The number of halogens is 1. The van der Waals surface area contributed by atoms with Gasteiger partial charge in [-0.1, -0.05) is 6.92 Å². The lowest BCUT2D eigenvalue weighted by molar-refractivity contribution is 0.195. The van der Waals surface area contributed by atoms with Crippen LogP contribution in [0.5, 0.6) is 0 Å². The van der Waals surface area contributed by atoms with E-state index in [-0.39, 0.29) is 5.75 Å². The minimum Gasteiger partial charge on any atom is -0.302 e. The van der Waals surface area contributed by atoms with Gasteiger partial charge in [0.15, 0.2) is 0 Å². The zero-order valence-electron chi connectivity index (χ0n) is 10.5. The summed E-state index contributed by atoms with van der Waals surface area (Å²) in [6, 6.07) is 0. The molecule has 6 heteroatoms. The van der Waals surface area contributed by atoms with Gasteiger partial charge in [0.25, 0.3) is 0 Å². The standard InChI is InChI=1S/C11H23ClN2O2S/c1-11-3-7-14(8-4-11)9-6-13-17(15,16)10-2-5-12/h11,13H,2-10H2,1H3. The normalized spacial score (nSPS) is 19.6. The maximum Gasteiger partial charge on any atom is 0.211 e. The van der Waals surface area contributed by atoms with E-state index in [1.54, 1.807) is 0 Å². The van der Waals surface area contributed by atoms with Gasteiger partial charge in [-0.05, 0) is 38.3 Å². The van der Waals surface area contributed by atoms with E-state index in [2.05, 4.69) is 16.5 Å². The van der Waals surface area contributed by atoms with Crippen molar-refractivity contribution in [2.24, 2.45) is 5.92 Å². The van der Waals surface area contributed by atoms with Gasteiger partial charge in [0.05, 0.1) is 5.75 Å². The Kier molecular flexibility index (Phi) is 6.77. The second-order valence-corrected chi connectivity index (χ2v) is 7.08. The molecular weight excluding hydrogens is 260 g/mol. The lowest BCUT2D eigenvalue weighted by Gasteiger charge is -2.30. The van der Waals surface area contributed by atoms with Gasteiger partial charge >= 0.3 is 0 Å². The van der Waals surface area contributed by atoms with E-state index in [9.17, 15) is 8.42 Å². The summed E-state index contributed by atoms with van der Waals surface area (Å²) >= 11 is 5.48. The molecule has 0 saturated carbocycles. The molecule has 0 aromatic carbocycles. The molecule has 0 atom stereocenters. The third-order valence-corrected chi connectivity index (χ3v) is 4.91. The van der Waals surface area contributed by atoms with Crippen molar-refractivity contribution in [3.63, 3.8) is 0 Å². The lowest BCUT2D eigenvalue weighted by Crippen LogP contribution is -2.39. The summed E-state index contributed by atoms with van der Waals surface area (Å²) in [5.41, 5.74) is 0. The number of hydrogen-bond acceptors (Lipinski definition) is 3. The highest BCUT2D eigenvalue weighted by atomic mass is 35.5. The average Bonchev–Trinajstić information content (AvgIpc) is 2.29. The predicted molar refractivity (Wildman–Crippen MR) is 72.0 cm³/mol. The van der Waals surface area contributed by atoms with Crippen LogP contribution in [0.25, 0.3) is 0 Å². The summed E-state index contributed by atoms with van der Waals surface area (Å²) in [4.78, 5) is 2.32. The Balaban J connectivity index is 2.14. The third-order valence-electron chi connectivity index (χ3n) is 3.17. The average molecular weight is 283 g/mol. The van der Waals surface area contributed by atoms with Crippen LogP contribution < -0.4 is 4.72 Å². The maximum atomic E-state index is 11.5. The highest BCUT2D eigenvalue weighted by molar-refractivity contribution is 7.89. The van der Waals surface area contributed by atoms with Crippen LogP contribution in [0, 0.1) is 5.92 Å². The number of likely N-dealkylation sites (tertiary alicyclic amines) is 1. The minimum atomic E-state index is -3.12. The predicted octanol–water partition coefficient (Wildman–Crippen LogP) is 1.27. The van der Waals surface area contributed by atoms with E-state index in [0.717, 1.165) is 25.6 Å². The van der Waals surface area contributed by atoms with Gasteiger partial charge in [-0.15, -0.1) is 11.6 Å². The Labute approximate surface area is 110 Å². The number of alkyl halides is 1. The number of piperidine rings is 1. The first-order chi connectivity index (χ1) is 8.03. The van der Waals surface area contributed by atoms with Gasteiger partial charge in [0.1, 0.15) is 0 Å². The Morgan fingerprint density at radius 2 is 2.00 bits per heavy atom. The van der Waals surface area contributed by atoms with Gasteiger partial charge < -0.3 is 4.90 Å². The van der Waals surface area contributed by atoms with Crippen molar-refractivity contribution in [2.45, 2.75) is 26.2 Å². The molecule has 0 amide bonds. The first kappa shape index (κ1) is 15.2. The molecule has 1 saturated heterocycles. The summed E-state index contributed by atoms with van der Waals surface area (Å²) in [5, 5.41) is 0. The van der Waals surface area contributed by atoms with Crippen LogP contribution >= 0.6 is 11.6 Å². The van der Waals surface area contributed by atoms with Crippen molar-refractivity contribution >= 4 is 21.6 Å². The second-order valence-electron chi connectivity index (χ2n) is 4.78. The molecular formula is C11H23ClN2O2S. The monoisotopic (exact) mass is 282 g/mol. The summed E-state index contributed by atoms with van der Waals surface area (Å²) in [5.74, 6) is 1.34. The van der Waals surface area contributed by atoms with Crippen LogP contribution in [0.4, 0.5) is 0 Å².